The van der Waals surface area contributed by atoms with E-state index in [9.17, 15) is 43.2 Å². The first-order chi connectivity index (χ1) is 49.0. The largest absolute Gasteiger partial charge is 0.472 e. The van der Waals surface area contributed by atoms with E-state index in [1.165, 1.54) is 263 Å². The van der Waals surface area contributed by atoms with E-state index in [1.807, 2.05) is 0 Å². The molecule has 600 valence electrons. The van der Waals surface area contributed by atoms with Crippen LogP contribution in [0.15, 0.2) is 0 Å². The Morgan fingerprint density at radius 3 is 0.673 bits per heavy atom. The average Bonchev–Trinajstić information content (AvgIpc) is 0.951. The summed E-state index contributed by atoms with van der Waals surface area (Å²) < 4.78 is 68.6. The topological polar surface area (TPSA) is 237 Å². The van der Waals surface area contributed by atoms with Crippen molar-refractivity contribution in [2.75, 3.05) is 39.6 Å². The van der Waals surface area contributed by atoms with Crippen LogP contribution in [0, 0.1) is 5.92 Å². The minimum atomic E-state index is -4.96. The third kappa shape index (κ3) is 76.1. The number of phosphoric acid groups is 2. The van der Waals surface area contributed by atoms with Crippen LogP contribution in [0.3, 0.4) is 0 Å². The number of carbonyl (C=O) groups is 4. The Morgan fingerprint density at radius 1 is 0.267 bits per heavy atom. The van der Waals surface area contributed by atoms with Gasteiger partial charge in [-0.05, 0) is 31.6 Å². The highest BCUT2D eigenvalue weighted by Crippen LogP contribution is 2.45. The van der Waals surface area contributed by atoms with Crippen LogP contribution in [-0.2, 0) is 65.4 Å². The number of rotatable bonds is 82. The zero-order chi connectivity index (χ0) is 74.1. The van der Waals surface area contributed by atoms with E-state index < -0.39 is 97.5 Å². The second kappa shape index (κ2) is 74.9. The van der Waals surface area contributed by atoms with Crippen LogP contribution in [0.25, 0.3) is 0 Å². The standard InChI is InChI=1S/C82H160O17P2/c1-6-9-12-15-18-21-23-25-27-29-31-33-35-37-39-41-43-46-52-57-62-67-81(86)98-77(72-93-80(85)66-61-56-51-45-42-40-38-36-34-32-30-28-26-24-22-19-16-13-10-7-2)73-96-100(88,89)94-69-76(83)70-95-101(90,91)97-74-78(71-92-79(84)65-60-55-50-44-20-17-14-11-8-3)99-82(87)68-63-58-53-48-47-49-54-59-64-75(4)5/h75-78,83H,6-74H2,1-5H3,(H,88,89)(H,90,91)/t76-,77-,78-/m1/s1. The Morgan fingerprint density at radius 2 is 0.455 bits per heavy atom. The second-order valence-electron chi connectivity index (χ2n) is 30.0. The van der Waals surface area contributed by atoms with E-state index in [4.69, 9.17) is 37.0 Å². The van der Waals surface area contributed by atoms with Crippen molar-refractivity contribution < 1.29 is 80.2 Å². The molecule has 0 aromatic carbocycles. The van der Waals surface area contributed by atoms with Gasteiger partial charge in [-0.15, -0.1) is 0 Å². The van der Waals surface area contributed by atoms with Gasteiger partial charge < -0.3 is 33.8 Å². The molecule has 0 amide bonds. The highest BCUT2D eigenvalue weighted by molar-refractivity contribution is 7.47. The van der Waals surface area contributed by atoms with Crippen molar-refractivity contribution in [3.05, 3.63) is 0 Å². The first kappa shape index (κ1) is 99.1. The third-order valence-electron chi connectivity index (χ3n) is 19.3. The molecule has 17 nitrogen and oxygen atoms in total. The number of aliphatic hydroxyl groups is 1. The Hall–Kier alpha value is -1.94. The maximum Gasteiger partial charge on any atom is 0.472 e. The molecule has 0 aliphatic carbocycles. The van der Waals surface area contributed by atoms with Gasteiger partial charge in [-0.25, -0.2) is 9.13 Å². The van der Waals surface area contributed by atoms with Crippen LogP contribution in [0.1, 0.15) is 439 Å². The monoisotopic (exact) mass is 1480 g/mol. The lowest BCUT2D eigenvalue weighted by molar-refractivity contribution is -0.161. The van der Waals surface area contributed by atoms with E-state index in [-0.39, 0.29) is 25.7 Å². The van der Waals surface area contributed by atoms with Gasteiger partial charge in [0.05, 0.1) is 26.4 Å². The number of ether oxygens (including phenoxy) is 4. The van der Waals surface area contributed by atoms with Crippen molar-refractivity contribution in [3.63, 3.8) is 0 Å². The number of hydrogen-bond donors (Lipinski definition) is 3. The number of phosphoric ester groups is 2. The molecule has 0 spiro atoms. The summed E-state index contributed by atoms with van der Waals surface area (Å²) in [6, 6.07) is 0. The Balaban J connectivity index is 5.17. The van der Waals surface area contributed by atoms with Gasteiger partial charge in [0.1, 0.15) is 19.3 Å². The van der Waals surface area contributed by atoms with E-state index in [1.54, 1.807) is 0 Å². The zero-order valence-electron chi connectivity index (χ0n) is 66.1. The van der Waals surface area contributed by atoms with Crippen molar-refractivity contribution in [1.29, 1.82) is 0 Å². The number of hydrogen-bond acceptors (Lipinski definition) is 15. The minimum Gasteiger partial charge on any atom is -0.462 e. The van der Waals surface area contributed by atoms with Crippen LogP contribution in [0.2, 0.25) is 0 Å². The summed E-state index contributed by atoms with van der Waals surface area (Å²) in [5.74, 6) is -1.39. The summed E-state index contributed by atoms with van der Waals surface area (Å²) in [7, 11) is -9.92. The van der Waals surface area contributed by atoms with Crippen LogP contribution in [0.5, 0.6) is 0 Å². The van der Waals surface area contributed by atoms with Crippen LogP contribution < -0.4 is 0 Å². The molecule has 0 saturated carbocycles. The molecule has 0 aromatic rings. The quantitative estimate of drug-likeness (QED) is 0.0222. The zero-order valence-corrected chi connectivity index (χ0v) is 67.8. The lowest BCUT2D eigenvalue weighted by Crippen LogP contribution is -2.30. The van der Waals surface area contributed by atoms with Gasteiger partial charge in [0.15, 0.2) is 12.2 Å². The molecule has 0 fully saturated rings. The maximum atomic E-state index is 13.1. The van der Waals surface area contributed by atoms with Crippen molar-refractivity contribution in [2.24, 2.45) is 5.92 Å². The third-order valence-corrected chi connectivity index (χ3v) is 21.2. The van der Waals surface area contributed by atoms with Crippen LogP contribution in [-0.4, -0.2) is 96.7 Å². The maximum absolute atomic E-state index is 13.1. The van der Waals surface area contributed by atoms with E-state index in [0.29, 0.717) is 25.7 Å². The van der Waals surface area contributed by atoms with Gasteiger partial charge in [0.25, 0.3) is 0 Å². The molecule has 0 radical (unpaired) electrons. The van der Waals surface area contributed by atoms with E-state index in [2.05, 4.69) is 34.6 Å². The lowest BCUT2D eigenvalue weighted by atomic mass is 10.0. The van der Waals surface area contributed by atoms with Gasteiger partial charge in [0, 0.05) is 25.7 Å². The molecule has 19 heteroatoms. The average molecular weight is 1480 g/mol. The Labute approximate surface area is 619 Å². The SMILES string of the molecule is CCCCCCCCCCCCCCCCCCCCCCCC(=O)O[C@H](COC(=O)CCCCCCCCCCCCCCCCCCCCCC)COP(=O)(O)OC[C@@H](O)COP(=O)(O)OC[C@@H](COC(=O)CCCCCCCCCCC)OC(=O)CCCCCCCCCCC(C)C. The van der Waals surface area contributed by atoms with Gasteiger partial charge in [-0.2, -0.15) is 0 Å². The molecule has 5 atom stereocenters. The first-order valence-electron chi connectivity index (χ1n) is 42.6. The summed E-state index contributed by atoms with van der Waals surface area (Å²) >= 11 is 0. The van der Waals surface area contributed by atoms with Gasteiger partial charge in [0.2, 0.25) is 0 Å². The molecule has 3 N–H and O–H groups in total. The van der Waals surface area contributed by atoms with E-state index in [0.717, 1.165) is 95.8 Å². The predicted octanol–water partition coefficient (Wildman–Crippen LogP) is 24.8. The lowest BCUT2D eigenvalue weighted by Gasteiger charge is -2.21. The predicted molar refractivity (Wildman–Crippen MR) is 414 cm³/mol. The minimum absolute atomic E-state index is 0.105. The molecule has 0 rings (SSSR count). The fraction of sp³-hybridized carbons (Fsp3) is 0.951. The normalized spacial score (nSPS) is 13.8. The fourth-order valence-corrected chi connectivity index (χ4v) is 14.3. The summed E-state index contributed by atoms with van der Waals surface area (Å²) in [5.41, 5.74) is 0. The molecule has 0 aliphatic heterocycles. The van der Waals surface area contributed by atoms with Crippen LogP contribution >= 0.6 is 15.6 Å². The number of unbranched alkanes of at least 4 members (excludes halogenated alkanes) is 54. The number of esters is 4. The summed E-state index contributed by atoms with van der Waals surface area (Å²) in [4.78, 5) is 72.9. The molecule has 0 aliphatic rings. The van der Waals surface area contributed by atoms with Gasteiger partial charge in [-0.1, -0.05) is 388 Å². The summed E-state index contributed by atoms with van der Waals surface area (Å²) in [6.07, 6.45) is 66.9. The molecule has 0 bridgehead atoms. The molecular weight excluding hydrogens is 1320 g/mol. The molecule has 0 aromatic heterocycles. The molecule has 101 heavy (non-hydrogen) atoms. The number of carbonyl (C=O) groups excluding carboxylic acids is 4. The summed E-state index contributed by atoms with van der Waals surface area (Å²) in [5, 5.41) is 10.6. The number of aliphatic hydroxyl groups excluding tert-OH is 1. The Bertz CT molecular complexity index is 1930. The van der Waals surface area contributed by atoms with Crippen molar-refractivity contribution in [1.82, 2.24) is 0 Å². The fourth-order valence-electron chi connectivity index (χ4n) is 12.8. The molecule has 2 unspecified atom stereocenters. The van der Waals surface area contributed by atoms with Crippen molar-refractivity contribution in [3.8, 4) is 0 Å². The van der Waals surface area contributed by atoms with Gasteiger partial charge in [-0.3, -0.25) is 37.3 Å². The molecular formula is C82H160O17P2. The summed E-state index contributed by atoms with van der Waals surface area (Å²) in [6.45, 7) is 7.27. The van der Waals surface area contributed by atoms with Crippen LogP contribution in [0.4, 0.5) is 0 Å². The van der Waals surface area contributed by atoms with Gasteiger partial charge >= 0.3 is 39.5 Å². The highest BCUT2D eigenvalue weighted by Gasteiger charge is 2.30. The van der Waals surface area contributed by atoms with Crippen molar-refractivity contribution in [2.45, 2.75) is 457 Å². The highest BCUT2D eigenvalue weighted by atomic mass is 31.2. The second-order valence-corrected chi connectivity index (χ2v) is 32.9. The first-order valence-corrected chi connectivity index (χ1v) is 45.6. The molecule has 0 heterocycles. The van der Waals surface area contributed by atoms with Crippen molar-refractivity contribution >= 4 is 39.5 Å². The van der Waals surface area contributed by atoms with E-state index >= 15 is 0 Å². The smallest absolute Gasteiger partial charge is 0.462 e. The Kier molecular flexibility index (Phi) is 73.5. The molecule has 0 saturated heterocycles.